The third-order valence-corrected chi connectivity index (χ3v) is 5.65. The predicted molar refractivity (Wildman–Crippen MR) is 151 cm³/mol. The first-order valence-electron chi connectivity index (χ1n) is 14.3. The molecule has 2 atom stereocenters. The van der Waals surface area contributed by atoms with Gasteiger partial charge in [-0.2, -0.15) is 0 Å². The number of carbonyl (C=O) groups excluding carboxylic acids is 2. The number of carbonyl (C=O) groups is 2. The van der Waals surface area contributed by atoms with Crippen molar-refractivity contribution in [3.8, 4) is 0 Å². The van der Waals surface area contributed by atoms with Gasteiger partial charge < -0.3 is 19.7 Å². The van der Waals surface area contributed by atoms with E-state index in [4.69, 9.17) is 9.47 Å². The molecule has 0 aliphatic rings. The second kappa shape index (κ2) is 26.9. The number of hydrogen-bond donors (Lipinski definition) is 2. The lowest BCUT2D eigenvalue weighted by Crippen LogP contribution is -2.25. The van der Waals surface area contributed by atoms with Gasteiger partial charge >= 0.3 is 11.9 Å². The largest absolute Gasteiger partial charge is 0.463 e. The summed E-state index contributed by atoms with van der Waals surface area (Å²) in [5.41, 5.74) is 0. The van der Waals surface area contributed by atoms with Gasteiger partial charge in [-0.1, -0.05) is 101 Å². The fourth-order valence-corrected chi connectivity index (χ4v) is 3.39. The minimum absolute atomic E-state index is 0.159. The average molecular weight is 521 g/mol. The van der Waals surface area contributed by atoms with Crippen LogP contribution in [0.15, 0.2) is 48.6 Å². The highest BCUT2D eigenvalue weighted by molar-refractivity contribution is 5.69. The number of aliphatic hydroxyl groups excluding tert-OH is 2. The molecule has 0 heterocycles. The maximum absolute atomic E-state index is 11.8. The number of ether oxygens (including phenoxy) is 2. The van der Waals surface area contributed by atoms with Crippen LogP contribution in [-0.2, 0) is 19.1 Å². The van der Waals surface area contributed by atoms with Gasteiger partial charge in [0.2, 0.25) is 0 Å². The van der Waals surface area contributed by atoms with E-state index in [-0.39, 0.29) is 31.6 Å². The van der Waals surface area contributed by atoms with E-state index in [2.05, 4.69) is 32.1 Å². The molecule has 37 heavy (non-hydrogen) atoms. The van der Waals surface area contributed by atoms with Crippen molar-refractivity contribution < 1.29 is 29.3 Å². The Morgan fingerprint density at radius 1 is 0.676 bits per heavy atom. The van der Waals surface area contributed by atoms with Crippen LogP contribution in [-0.4, -0.2) is 47.6 Å². The van der Waals surface area contributed by atoms with Crippen LogP contribution in [0.25, 0.3) is 0 Å². The molecule has 0 aliphatic heterocycles. The molecule has 1 unspecified atom stereocenters. The first-order chi connectivity index (χ1) is 18.0. The maximum atomic E-state index is 11.8. The molecule has 0 radical (unpaired) electrons. The quantitative estimate of drug-likeness (QED) is 0.0622. The van der Waals surface area contributed by atoms with Gasteiger partial charge in [-0.25, -0.2) is 0 Å². The summed E-state index contributed by atoms with van der Waals surface area (Å²) in [5, 5.41) is 19.8. The minimum Gasteiger partial charge on any atom is -0.463 e. The highest BCUT2D eigenvalue weighted by Crippen LogP contribution is 2.06. The molecule has 0 amide bonds. The van der Waals surface area contributed by atoms with Crippen LogP contribution < -0.4 is 0 Å². The minimum atomic E-state index is -1.01. The smallest absolute Gasteiger partial charge is 0.305 e. The lowest BCUT2D eigenvalue weighted by atomic mass is 10.1. The van der Waals surface area contributed by atoms with Crippen molar-refractivity contribution in [3.63, 3.8) is 0 Å². The van der Waals surface area contributed by atoms with Crippen LogP contribution in [0.1, 0.15) is 110 Å². The lowest BCUT2D eigenvalue weighted by molar-refractivity contribution is -0.152. The Kier molecular flexibility index (Phi) is 25.3. The van der Waals surface area contributed by atoms with Crippen LogP contribution >= 0.6 is 0 Å². The van der Waals surface area contributed by atoms with E-state index in [9.17, 15) is 19.8 Å². The summed E-state index contributed by atoms with van der Waals surface area (Å²) in [6.07, 6.45) is 27.9. The fraction of sp³-hybridized carbons (Fsp3) is 0.677. The molecular weight excluding hydrogens is 468 g/mol. The molecule has 0 bridgehead atoms. The van der Waals surface area contributed by atoms with Gasteiger partial charge in [-0.15, -0.1) is 0 Å². The van der Waals surface area contributed by atoms with Gasteiger partial charge in [0.25, 0.3) is 0 Å². The molecule has 6 nitrogen and oxygen atoms in total. The number of esters is 2. The summed E-state index contributed by atoms with van der Waals surface area (Å²) in [7, 11) is 0. The summed E-state index contributed by atoms with van der Waals surface area (Å²) in [6.45, 7) is 4.01. The number of unbranched alkanes of at least 4 members (excludes halogenated alkanes) is 8. The normalized spacial score (nSPS) is 13.7. The Labute approximate surface area is 225 Å². The van der Waals surface area contributed by atoms with Crippen molar-refractivity contribution in [1.82, 2.24) is 0 Å². The Morgan fingerprint density at radius 3 is 1.97 bits per heavy atom. The van der Waals surface area contributed by atoms with Gasteiger partial charge in [-0.3, -0.25) is 9.59 Å². The van der Waals surface area contributed by atoms with Crippen molar-refractivity contribution >= 4 is 11.9 Å². The SMILES string of the molecule is CCCCC/C=C\C/C=C\CC(O)/C=C\C=C\CCCC(=O)OC[C@H](O)COC(=O)CCCCCCC. The number of allylic oxidation sites excluding steroid dienone is 6. The van der Waals surface area contributed by atoms with E-state index in [0.717, 1.165) is 38.5 Å². The summed E-state index contributed by atoms with van der Waals surface area (Å²) < 4.78 is 10.1. The first kappa shape index (κ1) is 34.8. The van der Waals surface area contributed by atoms with Crippen molar-refractivity contribution in [2.75, 3.05) is 13.2 Å². The van der Waals surface area contributed by atoms with Crippen LogP contribution in [0.3, 0.4) is 0 Å². The van der Waals surface area contributed by atoms with E-state index in [0.29, 0.717) is 25.7 Å². The number of rotatable bonds is 24. The summed E-state index contributed by atoms with van der Waals surface area (Å²) in [6, 6.07) is 0. The van der Waals surface area contributed by atoms with E-state index >= 15 is 0 Å². The summed E-state index contributed by atoms with van der Waals surface area (Å²) in [4.78, 5) is 23.4. The zero-order valence-corrected chi connectivity index (χ0v) is 23.3. The molecule has 0 spiro atoms. The molecule has 6 heteroatoms. The molecule has 0 aliphatic carbocycles. The monoisotopic (exact) mass is 520 g/mol. The Balaban J connectivity index is 3.74. The van der Waals surface area contributed by atoms with Crippen LogP contribution in [0.5, 0.6) is 0 Å². The van der Waals surface area contributed by atoms with Crippen LogP contribution in [0.4, 0.5) is 0 Å². The molecule has 2 N–H and O–H groups in total. The van der Waals surface area contributed by atoms with E-state index in [1.807, 2.05) is 24.3 Å². The van der Waals surface area contributed by atoms with Crippen molar-refractivity contribution in [3.05, 3.63) is 48.6 Å². The zero-order valence-electron chi connectivity index (χ0n) is 23.3. The van der Waals surface area contributed by atoms with Crippen LogP contribution in [0, 0.1) is 0 Å². The first-order valence-corrected chi connectivity index (χ1v) is 14.3. The highest BCUT2D eigenvalue weighted by atomic mass is 16.6. The van der Waals surface area contributed by atoms with Crippen LogP contribution in [0.2, 0.25) is 0 Å². The number of hydrogen-bond acceptors (Lipinski definition) is 6. The Hall–Kier alpha value is -2.18. The second-order valence-electron chi connectivity index (χ2n) is 9.37. The molecular formula is C31H52O6. The Morgan fingerprint density at radius 2 is 1.27 bits per heavy atom. The maximum Gasteiger partial charge on any atom is 0.305 e. The van der Waals surface area contributed by atoms with Crippen molar-refractivity contribution in [1.29, 1.82) is 0 Å². The molecule has 0 saturated carbocycles. The van der Waals surface area contributed by atoms with Gasteiger partial charge in [0.1, 0.15) is 19.3 Å². The van der Waals surface area contributed by atoms with E-state index < -0.39 is 12.2 Å². The molecule has 0 rings (SSSR count). The van der Waals surface area contributed by atoms with Gasteiger partial charge in [0.05, 0.1) is 6.10 Å². The second-order valence-corrected chi connectivity index (χ2v) is 9.37. The van der Waals surface area contributed by atoms with Crippen molar-refractivity contribution in [2.24, 2.45) is 0 Å². The molecule has 0 aromatic heterocycles. The summed E-state index contributed by atoms with van der Waals surface area (Å²) >= 11 is 0. The van der Waals surface area contributed by atoms with Gasteiger partial charge in [0, 0.05) is 12.8 Å². The highest BCUT2D eigenvalue weighted by Gasteiger charge is 2.11. The molecule has 0 aromatic carbocycles. The van der Waals surface area contributed by atoms with E-state index in [1.54, 1.807) is 6.08 Å². The van der Waals surface area contributed by atoms with E-state index in [1.165, 1.54) is 25.7 Å². The Bertz CT molecular complexity index is 665. The third kappa shape index (κ3) is 26.7. The third-order valence-electron chi connectivity index (χ3n) is 5.65. The molecule has 0 aromatic rings. The van der Waals surface area contributed by atoms with Crippen molar-refractivity contribution in [2.45, 2.75) is 122 Å². The predicted octanol–water partition coefficient (Wildman–Crippen LogP) is 6.91. The topological polar surface area (TPSA) is 93.1 Å². The fourth-order valence-electron chi connectivity index (χ4n) is 3.39. The standard InChI is InChI=1S/C31H52O6/c1-3-5-7-9-10-11-12-15-18-22-28(32)23-19-16-13-17-21-25-31(35)37-27-29(33)26-36-30(34)24-20-14-8-6-4-2/h10-11,13,15-16,18-19,23,28-29,32-33H,3-9,12,14,17,20-22,24-27H2,1-2H3/b11-10-,16-13+,18-15-,23-19-/t28?,29-/m1/s1. The number of aliphatic hydroxyl groups is 2. The van der Waals surface area contributed by atoms with Gasteiger partial charge in [0.15, 0.2) is 0 Å². The zero-order chi connectivity index (χ0) is 27.4. The summed E-state index contributed by atoms with van der Waals surface area (Å²) in [5.74, 6) is -0.712. The molecule has 0 fully saturated rings. The molecule has 0 saturated heterocycles. The lowest BCUT2D eigenvalue weighted by Gasteiger charge is -2.12. The molecule has 212 valence electrons. The van der Waals surface area contributed by atoms with Gasteiger partial charge in [-0.05, 0) is 44.9 Å². The average Bonchev–Trinajstić information content (AvgIpc) is 2.89.